The van der Waals surface area contributed by atoms with Crippen LogP contribution < -0.4 is 9.47 Å². The molecule has 4 aromatic heterocycles. The molecule has 248 valence electrons. The highest BCUT2D eigenvalue weighted by atomic mass is 127. The standard InChI is InChI=1S/C16H9F3N4O.C10H6F3IN2O.C6H4N2/c17-16(18,19)24-14-5-3-13(4-6-14)23-11-12(10-22-23)2-7-15-20-8-1-9-21-15;11-10(12,13)17-9-3-1-8(2-4-9)16-6-7(14)5-15-16;1-2-6-7-4-3-5-8-6/h1,3-6,8-11H;1-6H;1,3-5H. The monoisotopic (exact) mass is 788 g/mol. The normalized spacial score (nSPS) is 10.6. The maximum Gasteiger partial charge on any atom is 0.573 e. The predicted octanol–water partition coefficient (Wildman–Crippen LogP) is 6.79. The van der Waals surface area contributed by atoms with Crippen molar-refractivity contribution >= 4 is 22.6 Å². The average Bonchev–Trinajstić information content (AvgIpc) is 3.74. The summed E-state index contributed by atoms with van der Waals surface area (Å²) < 4.78 is 83.8. The third kappa shape index (κ3) is 12.6. The maximum absolute atomic E-state index is 12.1. The van der Waals surface area contributed by atoms with Crippen LogP contribution in [-0.2, 0) is 0 Å². The van der Waals surface area contributed by atoms with Crippen LogP contribution in [0.3, 0.4) is 0 Å². The van der Waals surface area contributed by atoms with Crippen LogP contribution >= 0.6 is 22.6 Å². The van der Waals surface area contributed by atoms with E-state index in [4.69, 9.17) is 6.42 Å². The van der Waals surface area contributed by atoms with Gasteiger partial charge in [-0.1, -0.05) is 5.92 Å². The average molecular weight is 788 g/mol. The lowest BCUT2D eigenvalue weighted by molar-refractivity contribution is -0.275. The molecular formula is C32H19F6IN8O2. The van der Waals surface area contributed by atoms with Gasteiger partial charge in [-0.2, -0.15) is 10.2 Å². The van der Waals surface area contributed by atoms with Gasteiger partial charge in [0.2, 0.25) is 11.6 Å². The lowest BCUT2D eigenvalue weighted by atomic mass is 10.3. The van der Waals surface area contributed by atoms with Gasteiger partial charge in [-0.15, -0.1) is 32.8 Å². The summed E-state index contributed by atoms with van der Waals surface area (Å²) in [5, 5.41) is 8.15. The summed E-state index contributed by atoms with van der Waals surface area (Å²) in [4.78, 5) is 15.5. The fraction of sp³-hybridized carbons (Fsp3) is 0.0625. The first-order valence-corrected chi connectivity index (χ1v) is 14.4. The number of terminal acetylenes is 1. The van der Waals surface area contributed by atoms with E-state index in [1.54, 1.807) is 60.2 Å². The Labute approximate surface area is 287 Å². The first kappa shape index (κ1) is 35.9. The Kier molecular flexibility index (Phi) is 12.3. The third-order valence-electron chi connectivity index (χ3n) is 5.38. The molecule has 0 saturated heterocycles. The zero-order chi connectivity index (χ0) is 35.3. The molecule has 49 heavy (non-hydrogen) atoms. The number of ether oxygens (including phenoxy) is 2. The second-order valence-corrected chi connectivity index (χ2v) is 10.1. The van der Waals surface area contributed by atoms with E-state index in [0.717, 1.165) is 3.57 Å². The Morgan fingerprint density at radius 3 is 1.47 bits per heavy atom. The Morgan fingerprint density at radius 1 is 0.612 bits per heavy atom. The molecule has 10 nitrogen and oxygen atoms in total. The van der Waals surface area contributed by atoms with Gasteiger partial charge < -0.3 is 9.47 Å². The van der Waals surface area contributed by atoms with E-state index in [0.29, 0.717) is 28.6 Å². The van der Waals surface area contributed by atoms with Crippen LogP contribution in [0.2, 0.25) is 0 Å². The van der Waals surface area contributed by atoms with Gasteiger partial charge in [0, 0.05) is 37.2 Å². The number of benzene rings is 2. The molecule has 0 fully saturated rings. The minimum Gasteiger partial charge on any atom is -0.406 e. The van der Waals surface area contributed by atoms with Crippen LogP contribution in [0.5, 0.6) is 11.5 Å². The summed E-state index contributed by atoms with van der Waals surface area (Å²) in [6.45, 7) is 0. The minimum atomic E-state index is -4.71. The van der Waals surface area contributed by atoms with E-state index in [-0.39, 0.29) is 11.5 Å². The van der Waals surface area contributed by atoms with E-state index in [1.807, 2.05) is 0 Å². The molecule has 0 bridgehead atoms. The molecule has 0 N–H and O–H groups in total. The molecule has 17 heteroatoms. The molecule has 0 saturated carbocycles. The van der Waals surface area contributed by atoms with Crippen LogP contribution in [0, 0.1) is 27.8 Å². The molecule has 6 rings (SSSR count). The Balaban J connectivity index is 0.000000187. The smallest absolute Gasteiger partial charge is 0.406 e. The summed E-state index contributed by atoms with van der Waals surface area (Å²) in [6, 6.07) is 14.3. The lowest BCUT2D eigenvalue weighted by Crippen LogP contribution is -2.17. The van der Waals surface area contributed by atoms with Crippen LogP contribution in [-0.4, -0.2) is 52.2 Å². The van der Waals surface area contributed by atoms with Crippen LogP contribution in [0.1, 0.15) is 17.2 Å². The number of hydrogen-bond acceptors (Lipinski definition) is 8. The van der Waals surface area contributed by atoms with Crippen molar-refractivity contribution in [2.75, 3.05) is 0 Å². The minimum absolute atomic E-state index is 0.247. The molecule has 6 aromatic rings. The van der Waals surface area contributed by atoms with Crippen molar-refractivity contribution in [2.24, 2.45) is 0 Å². The van der Waals surface area contributed by atoms with Crippen LogP contribution in [0.15, 0.2) is 110 Å². The number of rotatable bonds is 4. The largest absolute Gasteiger partial charge is 0.573 e. The van der Waals surface area contributed by atoms with Gasteiger partial charge in [0.05, 0.1) is 32.9 Å². The van der Waals surface area contributed by atoms with Crippen LogP contribution in [0.4, 0.5) is 26.3 Å². The highest BCUT2D eigenvalue weighted by Crippen LogP contribution is 2.24. The second-order valence-electron chi connectivity index (χ2n) is 8.90. The van der Waals surface area contributed by atoms with Crippen molar-refractivity contribution < 1.29 is 35.8 Å². The van der Waals surface area contributed by atoms with E-state index in [2.05, 4.69) is 80.0 Å². The predicted molar refractivity (Wildman–Crippen MR) is 171 cm³/mol. The molecule has 0 spiro atoms. The topological polar surface area (TPSA) is 106 Å². The van der Waals surface area contributed by atoms with Crippen molar-refractivity contribution in [3.05, 3.63) is 131 Å². The van der Waals surface area contributed by atoms with Crippen molar-refractivity contribution in [2.45, 2.75) is 12.7 Å². The van der Waals surface area contributed by atoms with Crippen LogP contribution in [0.25, 0.3) is 11.4 Å². The van der Waals surface area contributed by atoms with Gasteiger partial charge in [-0.05, 0) is 95.1 Å². The van der Waals surface area contributed by atoms with E-state index in [9.17, 15) is 26.3 Å². The zero-order valence-corrected chi connectivity index (χ0v) is 26.7. The summed E-state index contributed by atoms with van der Waals surface area (Å²) in [5.74, 6) is 8.24. The number of aromatic nitrogens is 8. The van der Waals surface area contributed by atoms with E-state index >= 15 is 0 Å². The number of nitrogens with zero attached hydrogens (tertiary/aromatic N) is 8. The molecule has 0 amide bonds. The molecule has 0 aliphatic rings. The van der Waals surface area contributed by atoms with E-state index in [1.165, 1.54) is 59.4 Å². The first-order valence-electron chi connectivity index (χ1n) is 13.4. The summed E-state index contributed by atoms with van der Waals surface area (Å²) in [7, 11) is 0. The second kappa shape index (κ2) is 16.7. The van der Waals surface area contributed by atoms with Gasteiger partial charge in [0.1, 0.15) is 11.5 Å². The Bertz CT molecular complexity index is 2020. The number of hydrogen-bond donors (Lipinski definition) is 0. The van der Waals surface area contributed by atoms with Gasteiger partial charge >= 0.3 is 12.7 Å². The number of alkyl halides is 6. The first-order chi connectivity index (χ1) is 23.4. The molecule has 0 aliphatic heterocycles. The van der Waals surface area contributed by atoms with Gasteiger partial charge in [0.25, 0.3) is 0 Å². The summed E-state index contributed by atoms with van der Waals surface area (Å²) in [6.07, 6.45) is 8.60. The molecule has 0 atom stereocenters. The molecular weight excluding hydrogens is 769 g/mol. The van der Waals surface area contributed by atoms with Gasteiger partial charge in [0.15, 0.2) is 0 Å². The third-order valence-corrected chi connectivity index (χ3v) is 5.94. The van der Waals surface area contributed by atoms with Crippen molar-refractivity contribution in [1.82, 2.24) is 39.5 Å². The van der Waals surface area contributed by atoms with Crippen molar-refractivity contribution in [3.8, 4) is 47.1 Å². The SMILES string of the molecule is C#Cc1ncccn1.FC(F)(F)Oc1ccc(-n2cc(C#Cc3ncccn3)cn2)cc1.FC(F)(F)Oc1ccc(-n2cc(I)cn2)cc1. The van der Waals surface area contributed by atoms with Gasteiger partial charge in [-0.25, -0.2) is 29.3 Å². The Morgan fingerprint density at radius 2 is 1.06 bits per heavy atom. The summed E-state index contributed by atoms with van der Waals surface area (Å²) >= 11 is 2.10. The van der Waals surface area contributed by atoms with Crippen molar-refractivity contribution in [3.63, 3.8) is 0 Å². The fourth-order valence-electron chi connectivity index (χ4n) is 3.44. The fourth-order valence-corrected chi connectivity index (χ4v) is 3.83. The highest BCUT2D eigenvalue weighted by Gasteiger charge is 2.31. The highest BCUT2D eigenvalue weighted by molar-refractivity contribution is 14.1. The molecule has 0 radical (unpaired) electrons. The Hall–Kier alpha value is -5.95. The van der Waals surface area contributed by atoms with Gasteiger partial charge in [-0.3, -0.25) is 0 Å². The van der Waals surface area contributed by atoms with E-state index < -0.39 is 12.7 Å². The molecule has 4 heterocycles. The maximum atomic E-state index is 12.1. The molecule has 2 aromatic carbocycles. The molecule has 0 aliphatic carbocycles. The molecule has 0 unspecified atom stereocenters. The van der Waals surface area contributed by atoms with Crippen molar-refractivity contribution in [1.29, 1.82) is 0 Å². The quantitative estimate of drug-likeness (QED) is 0.109. The zero-order valence-electron chi connectivity index (χ0n) is 24.5. The lowest BCUT2D eigenvalue weighted by Gasteiger charge is -2.09. The summed E-state index contributed by atoms with van der Waals surface area (Å²) in [5.41, 5.74) is 1.87. The number of halogens is 7.